The van der Waals surface area contributed by atoms with Gasteiger partial charge in [0.05, 0.1) is 5.60 Å². The van der Waals surface area contributed by atoms with Crippen LogP contribution in [0.25, 0.3) is 0 Å². The third-order valence-corrected chi connectivity index (χ3v) is 5.84. The summed E-state index contributed by atoms with van der Waals surface area (Å²) in [4.78, 5) is 7.62. The molecule has 1 aliphatic carbocycles. The summed E-state index contributed by atoms with van der Waals surface area (Å²) in [6, 6.07) is 0. The van der Waals surface area contributed by atoms with E-state index >= 15 is 0 Å². The second-order valence-corrected chi connectivity index (χ2v) is 7.24. The van der Waals surface area contributed by atoms with Crippen molar-refractivity contribution >= 4 is 0 Å². The molecule has 0 bridgehead atoms. The van der Waals surface area contributed by atoms with Gasteiger partial charge < -0.3 is 14.9 Å². The van der Waals surface area contributed by atoms with Crippen LogP contribution < -0.4 is 0 Å². The van der Waals surface area contributed by atoms with Crippen molar-refractivity contribution < 1.29 is 5.11 Å². The number of aliphatic hydroxyl groups is 1. The maximum Gasteiger partial charge on any atom is 0.0700 e. The average molecular weight is 281 g/mol. The van der Waals surface area contributed by atoms with E-state index in [0.717, 1.165) is 25.9 Å². The van der Waals surface area contributed by atoms with Crippen LogP contribution >= 0.6 is 0 Å². The highest BCUT2D eigenvalue weighted by Gasteiger charge is 2.42. The number of rotatable bonds is 3. The van der Waals surface area contributed by atoms with E-state index in [9.17, 15) is 5.11 Å². The minimum Gasteiger partial charge on any atom is -0.390 e. The van der Waals surface area contributed by atoms with Gasteiger partial charge in [0.2, 0.25) is 0 Å². The van der Waals surface area contributed by atoms with E-state index in [1.54, 1.807) is 0 Å². The van der Waals surface area contributed by atoms with Gasteiger partial charge in [0.1, 0.15) is 0 Å². The Bertz CT molecular complexity index is 317. The van der Waals surface area contributed by atoms with E-state index < -0.39 is 0 Å². The lowest BCUT2D eigenvalue weighted by molar-refractivity contribution is -0.0961. The Morgan fingerprint density at radius 2 is 1.70 bits per heavy atom. The molecule has 3 fully saturated rings. The maximum absolute atomic E-state index is 10.7. The van der Waals surface area contributed by atoms with Gasteiger partial charge in [0.15, 0.2) is 0 Å². The normalized spacial score (nSPS) is 37.8. The van der Waals surface area contributed by atoms with Crippen molar-refractivity contribution in [3.8, 4) is 0 Å². The number of piperidine rings is 1. The summed E-state index contributed by atoms with van der Waals surface area (Å²) in [6.45, 7) is 9.49. The SMILES string of the molecule is CN1CCN(CCN2CCC3(O)CCCCC3C2)CC1. The second-order valence-electron chi connectivity index (χ2n) is 7.24. The first-order valence-electron chi connectivity index (χ1n) is 8.51. The van der Waals surface area contributed by atoms with Crippen molar-refractivity contribution in [2.24, 2.45) is 5.92 Å². The minimum absolute atomic E-state index is 0.317. The third kappa shape index (κ3) is 3.35. The molecule has 2 saturated heterocycles. The molecular weight excluding hydrogens is 250 g/mol. The van der Waals surface area contributed by atoms with E-state index in [0.29, 0.717) is 5.92 Å². The lowest BCUT2D eigenvalue weighted by atomic mass is 9.71. The molecule has 0 aromatic heterocycles. The fourth-order valence-corrected chi connectivity index (χ4v) is 4.20. The quantitative estimate of drug-likeness (QED) is 0.831. The molecule has 116 valence electrons. The highest BCUT2D eigenvalue weighted by atomic mass is 16.3. The van der Waals surface area contributed by atoms with Crippen LogP contribution in [0, 0.1) is 5.92 Å². The first-order chi connectivity index (χ1) is 9.66. The summed E-state index contributed by atoms with van der Waals surface area (Å²) in [5, 5.41) is 10.7. The van der Waals surface area contributed by atoms with E-state index in [2.05, 4.69) is 21.7 Å². The van der Waals surface area contributed by atoms with Crippen LogP contribution in [0.15, 0.2) is 0 Å². The zero-order valence-corrected chi connectivity index (χ0v) is 13.1. The number of likely N-dealkylation sites (tertiary alicyclic amines) is 1. The van der Waals surface area contributed by atoms with E-state index in [1.165, 1.54) is 58.5 Å². The Balaban J connectivity index is 1.43. The van der Waals surface area contributed by atoms with E-state index in [1.807, 2.05) is 0 Å². The second kappa shape index (κ2) is 6.30. The number of hydrogen-bond donors (Lipinski definition) is 1. The third-order valence-electron chi connectivity index (χ3n) is 5.84. The van der Waals surface area contributed by atoms with Crippen molar-refractivity contribution in [2.45, 2.75) is 37.7 Å². The Morgan fingerprint density at radius 1 is 0.950 bits per heavy atom. The molecule has 4 nitrogen and oxygen atoms in total. The molecule has 0 aromatic carbocycles. The lowest BCUT2D eigenvalue weighted by Gasteiger charge is -2.47. The molecule has 1 N–H and O–H groups in total. The van der Waals surface area contributed by atoms with Crippen LogP contribution in [0.2, 0.25) is 0 Å². The Hall–Kier alpha value is -0.160. The van der Waals surface area contributed by atoms with Gasteiger partial charge in [-0.15, -0.1) is 0 Å². The largest absolute Gasteiger partial charge is 0.390 e. The predicted molar refractivity (Wildman–Crippen MR) is 81.9 cm³/mol. The van der Waals surface area contributed by atoms with Gasteiger partial charge in [-0.25, -0.2) is 0 Å². The Morgan fingerprint density at radius 3 is 2.50 bits per heavy atom. The van der Waals surface area contributed by atoms with Crippen LogP contribution in [0.5, 0.6) is 0 Å². The Kier molecular flexibility index (Phi) is 4.65. The molecule has 0 aromatic rings. The van der Waals surface area contributed by atoms with Gasteiger partial charge in [-0.05, 0) is 26.3 Å². The zero-order chi connectivity index (χ0) is 14.0. The number of likely N-dealkylation sites (N-methyl/N-ethyl adjacent to an activating group) is 1. The Labute approximate surface area is 123 Å². The van der Waals surface area contributed by atoms with E-state index in [4.69, 9.17) is 0 Å². The standard InChI is InChI=1S/C16H31N3O/c1-17-8-10-18(11-9-17)12-13-19-7-6-16(20)5-3-2-4-15(16)14-19/h15,20H,2-14H2,1H3. The van der Waals surface area contributed by atoms with Gasteiger partial charge in [-0.2, -0.15) is 0 Å². The maximum atomic E-state index is 10.7. The summed E-state index contributed by atoms with van der Waals surface area (Å²) < 4.78 is 0. The van der Waals surface area contributed by atoms with Crippen molar-refractivity contribution in [1.29, 1.82) is 0 Å². The summed E-state index contributed by atoms with van der Waals surface area (Å²) in [6.07, 6.45) is 5.83. The summed E-state index contributed by atoms with van der Waals surface area (Å²) >= 11 is 0. The summed E-state index contributed by atoms with van der Waals surface area (Å²) in [5.74, 6) is 0.539. The number of fused-ring (bicyclic) bond motifs is 1. The van der Waals surface area contributed by atoms with Crippen molar-refractivity contribution in [3.63, 3.8) is 0 Å². The van der Waals surface area contributed by atoms with Gasteiger partial charge in [-0.1, -0.05) is 12.8 Å². The van der Waals surface area contributed by atoms with Crippen LogP contribution in [0.4, 0.5) is 0 Å². The highest BCUT2D eigenvalue weighted by molar-refractivity contribution is 4.95. The molecule has 20 heavy (non-hydrogen) atoms. The average Bonchev–Trinajstić information content (AvgIpc) is 2.46. The first-order valence-corrected chi connectivity index (χ1v) is 8.51. The van der Waals surface area contributed by atoms with Crippen molar-refractivity contribution in [3.05, 3.63) is 0 Å². The fraction of sp³-hybridized carbons (Fsp3) is 1.00. The number of piperazine rings is 1. The number of hydrogen-bond acceptors (Lipinski definition) is 4. The monoisotopic (exact) mass is 281 g/mol. The molecule has 2 aliphatic heterocycles. The lowest BCUT2D eigenvalue weighted by Crippen LogP contribution is -2.55. The molecule has 0 amide bonds. The molecule has 2 atom stereocenters. The minimum atomic E-state index is -0.317. The van der Waals surface area contributed by atoms with Gasteiger partial charge in [0, 0.05) is 58.3 Å². The van der Waals surface area contributed by atoms with E-state index in [-0.39, 0.29) is 5.60 Å². The predicted octanol–water partition coefficient (Wildman–Crippen LogP) is 0.861. The topological polar surface area (TPSA) is 30.0 Å². The van der Waals surface area contributed by atoms with Crippen molar-refractivity contribution in [2.75, 3.05) is 59.4 Å². The van der Waals surface area contributed by atoms with Crippen LogP contribution in [0.3, 0.4) is 0 Å². The highest BCUT2D eigenvalue weighted by Crippen LogP contribution is 2.39. The van der Waals surface area contributed by atoms with Gasteiger partial charge >= 0.3 is 0 Å². The molecule has 0 radical (unpaired) electrons. The summed E-state index contributed by atoms with van der Waals surface area (Å²) in [7, 11) is 2.21. The molecule has 1 saturated carbocycles. The molecule has 4 heteroatoms. The van der Waals surface area contributed by atoms with Crippen LogP contribution in [-0.2, 0) is 0 Å². The summed E-state index contributed by atoms with van der Waals surface area (Å²) in [5.41, 5.74) is -0.317. The molecule has 2 heterocycles. The first kappa shape index (κ1) is 14.8. The van der Waals surface area contributed by atoms with Gasteiger partial charge in [0.25, 0.3) is 0 Å². The molecule has 3 aliphatic rings. The smallest absolute Gasteiger partial charge is 0.0700 e. The molecule has 2 unspecified atom stereocenters. The fourth-order valence-electron chi connectivity index (χ4n) is 4.20. The van der Waals surface area contributed by atoms with Crippen LogP contribution in [-0.4, -0.2) is 84.8 Å². The number of nitrogens with zero attached hydrogens (tertiary/aromatic N) is 3. The molecule has 0 spiro atoms. The molecular formula is C16H31N3O. The van der Waals surface area contributed by atoms with Crippen LogP contribution in [0.1, 0.15) is 32.1 Å². The zero-order valence-electron chi connectivity index (χ0n) is 13.1. The van der Waals surface area contributed by atoms with Gasteiger partial charge in [-0.3, -0.25) is 4.90 Å². The van der Waals surface area contributed by atoms with Crippen molar-refractivity contribution in [1.82, 2.24) is 14.7 Å². The molecule has 3 rings (SSSR count).